The maximum Gasteiger partial charge on any atom is 0.408 e. The summed E-state index contributed by atoms with van der Waals surface area (Å²) in [7, 11) is 0. The quantitative estimate of drug-likeness (QED) is 0.522. The third kappa shape index (κ3) is 4.92. The summed E-state index contributed by atoms with van der Waals surface area (Å²) in [6.07, 6.45) is 0.658. The van der Waals surface area contributed by atoms with E-state index in [1.807, 2.05) is 43.3 Å². The fourth-order valence-corrected chi connectivity index (χ4v) is 4.84. The number of hydrogen-bond donors (Lipinski definition) is 3. The van der Waals surface area contributed by atoms with Crippen molar-refractivity contribution in [3.05, 3.63) is 59.7 Å². The van der Waals surface area contributed by atoms with Crippen LogP contribution in [0.3, 0.4) is 0 Å². The van der Waals surface area contributed by atoms with E-state index in [-0.39, 0.29) is 32.0 Å². The van der Waals surface area contributed by atoms with Gasteiger partial charge >= 0.3 is 12.1 Å². The van der Waals surface area contributed by atoms with Crippen LogP contribution in [0.4, 0.5) is 4.79 Å². The van der Waals surface area contributed by atoms with Crippen LogP contribution >= 0.6 is 0 Å². The minimum Gasteiger partial charge on any atom is -0.481 e. The molecule has 1 aliphatic carbocycles. The lowest BCUT2D eigenvalue weighted by molar-refractivity contribution is -0.138. The minimum atomic E-state index is -1.28. The maximum absolute atomic E-state index is 13.1. The molecule has 2 aromatic rings. The highest BCUT2D eigenvalue weighted by molar-refractivity contribution is 5.91. The van der Waals surface area contributed by atoms with Crippen molar-refractivity contribution in [2.24, 2.45) is 0 Å². The van der Waals surface area contributed by atoms with Gasteiger partial charge in [-0.1, -0.05) is 61.9 Å². The Balaban J connectivity index is 1.43. The first-order valence-corrected chi connectivity index (χ1v) is 11.7. The van der Waals surface area contributed by atoms with Crippen LogP contribution in [-0.4, -0.2) is 54.5 Å². The molecule has 0 bridgehead atoms. The molecule has 0 radical (unpaired) electrons. The van der Waals surface area contributed by atoms with Crippen LogP contribution in [0, 0.1) is 0 Å². The van der Waals surface area contributed by atoms with Gasteiger partial charge in [0.05, 0.1) is 13.0 Å². The number of rotatable bonds is 9. The van der Waals surface area contributed by atoms with Gasteiger partial charge in [0.15, 0.2) is 0 Å². The van der Waals surface area contributed by atoms with Crippen molar-refractivity contribution in [2.75, 3.05) is 19.8 Å². The molecule has 4 rings (SSSR count). The molecule has 180 valence electrons. The zero-order chi connectivity index (χ0) is 24.1. The number of ether oxygens (including phenoxy) is 2. The summed E-state index contributed by atoms with van der Waals surface area (Å²) in [5, 5.41) is 14.7. The maximum atomic E-state index is 13.1. The first-order valence-electron chi connectivity index (χ1n) is 11.7. The lowest BCUT2D eigenvalue weighted by atomic mass is 9.96. The van der Waals surface area contributed by atoms with Gasteiger partial charge in [-0.2, -0.15) is 0 Å². The summed E-state index contributed by atoms with van der Waals surface area (Å²) in [6.45, 7) is 2.38. The van der Waals surface area contributed by atoms with Gasteiger partial charge in [-0.05, 0) is 28.7 Å². The average molecular weight is 467 g/mol. The Labute approximate surface area is 198 Å². The molecule has 2 amide bonds. The van der Waals surface area contributed by atoms with Crippen LogP contribution in [0.5, 0.6) is 0 Å². The van der Waals surface area contributed by atoms with E-state index in [4.69, 9.17) is 14.6 Å². The second-order valence-electron chi connectivity index (χ2n) is 8.89. The van der Waals surface area contributed by atoms with Crippen molar-refractivity contribution in [1.82, 2.24) is 10.6 Å². The molecule has 2 aromatic carbocycles. The molecule has 2 aliphatic rings. The van der Waals surface area contributed by atoms with E-state index < -0.39 is 29.6 Å². The van der Waals surface area contributed by atoms with Gasteiger partial charge < -0.3 is 25.2 Å². The zero-order valence-electron chi connectivity index (χ0n) is 19.2. The van der Waals surface area contributed by atoms with E-state index in [0.717, 1.165) is 28.7 Å². The molecule has 8 heteroatoms. The predicted octanol–water partition coefficient (Wildman–Crippen LogP) is 3.44. The average Bonchev–Trinajstić information content (AvgIpc) is 3.41. The van der Waals surface area contributed by atoms with Crippen molar-refractivity contribution in [1.29, 1.82) is 0 Å². The van der Waals surface area contributed by atoms with Crippen LogP contribution in [0.2, 0.25) is 0 Å². The van der Waals surface area contributed by atoms with E-state index in [9.17, 15) is 14.4 Å². The molecule has 1 saturated heterocycles. The second-order valence-corrected chi connectivity index (χ2v) is 8.89. The molecule has 8 nitrogen and oxygen atoms in total. The monoisotopic (exact) mass is 466 g/mol. The van der Waals surface area contributed by atoms with E-state index in [1.54, 1.807) is 0 Å². The number of fused-ring (bicyclic) bond motifs is 3. The third-order valence-corrected chi connectivity index (χ3v) is 6.53. The van der Waals surface area contributed by atoms with Gasteiger partial charge in [0.2, 0.25) is 5.91 Å². The fourth-order valence-electron chi connectivity index (χ4n) is 4.84. The predicted molar refractivity (Wildman–Crippen MR) is 125 cm³/mol. The van der Waals surface area contributed by atoms with E-state index in [0.29, 0.717) is 13.0 Å². The molecule has 1 aliphatic heterocycles. The van der Waals surface area contributed by atoms with Gasteiger partial charge in [0, 0.05) is 25.0 Å². The first-order chi connectivity index (χ1) is 16.4. The van der Waals surface area contributed by atoms with Crippen LogP contribution in [0.25, 0.3) is 11.1 Å². The summed E-state index contributed by atoms with van der Waals surface area (Å²) in [5.41, 5.74) is 3.18. The molecule has 1 unspecified atom stereocenters. The standard InChI is InChI=1S/C26H30N2O6/c1-2-7-17(14-23(29)30)27-24(31)26(12-13-33-16-26)28-25(32)34-15-22-20-10-5-3-8-18(20)19-9-4-6-11-21(19)22/h3-6,8-11,17,22H,2,7,12-16H2,1H3,(H,27,31)(H,28,32)(H,29,30)/t17-,26?/m0/s1. The third-order valence-electron chi connectivity index (χ3n) is 6.53. The van der Waals surface area contributed by atoms with Crippen molar-refractivity contribution in [3.8, 4) is 11.1 Å². The number of carbonyl (C=O) groups is 3. The number of amides is 2. The molecule has 1 fully saturated rings. The fraction of sp³-hybridized carbons (Fsp3) is 0.423. The molecule has 3 N–H and O–H groups in total. The smallest absolute Gasteiger partial charge is 0.408 e. The lowest BCUT2D eigenvalue weighted by Crippen LogP contribution is -2.61. The number of nitrogens with one attached hydrogen (secondary N) is 2. The topological polar surface area (TPSA) is 114 Å². The highest BCUT2D eigenvalue weighted by Gasteiger charge is 2.45. The summed E-state index contributed by atoms with van der Waals surface area (Å²) >= 11 is 0. The molecule has 0 saturated carbocycles. The number of carboxylic acid groups (broad SMARTS) is 1. The number of hydrogen-bond acceptors (Lipinski definition) is 5. The van der Waals surface area contributed by atoms with Crippen LogP contribution in [-0.2, 0) is 19.1 Å². The number of carbonyl (C=O) groups excluding carboxylic acids is 2. The number of alkyl carbamates (subject to hydrolysis) is 1. The Morgan fingerprint density at radius 1 is 1.12 bits per heavy atom. The molecular formula is C26H30N2O6. The number of aliphatic carboxylic acids is 1. The van der Waals surface area contributed by atoms with Crippen LogP contribution < -0.4 is 10.6 Å². The summed E-state index contributed by atoms with van der Waals surface area (Å²) < 4.78 is 11.0. The summed E-state index contributed by atoms with van der Waals surface area (Å²) in [5.74, 6) is -1.52. The van der Waals surface area contributed by atoms with E-state index >= 15 is 0 Å². The van der Waals surface area contributed by atoms with Crippen LogP contribution in [0.1, 0.15) is 49.7 Å². The van der Waals surface area contributed by atoms with Crippen molar-refractivity contribution >= 4 is 18.0 Å². The van der Waals surface area contributed by atoms with E-state index in [2.05, 4.69) is 22.8 Å². The molecule has 0 aromatic heterocycles. The number of benzene rings is 2. The molecule has 0 spiro atoms. The number of carboxylic acids is 1. The second kappa shape index (κ2) is 10.3. The first kappa shape index (κ1) is 23.8. The van der Waals surface area contributed by atoms with Gasteiger partial charge in [0.1, 0.15) is 12.1 Å². The van der Waals surface area contributed by atoms with E-state index in [1.165, 1.54) is 0 Å². The SMILES string of the molecule is CCC[C@@H](CC(=O)O)NC(=O)C1(NC(=O)OCC2c3ccccc3-c3ccccc32)CCOC1. The highest BCUT2D eigenvalue weighted by Crippen LogP contribution is 2.44. The summed E-state index contributed by atoms with van der Waals surface area (Å²) in [4.78, 5) is 37.1. The summed E-state index contributed by atoms with van der Waals surface area (Å²) in [6, 6.07) is 15.6. The van der Waals surface area contributed by atoms with Crippen LogP contribution in [0.15, 0.2) is 48.5 Å². The van der Waals surface area contributed by atoms with Crippen molar-refractivity contribution < 1.29 is 29.0 Å². The zero-order valence-corrected chi connectivity index (χ0v) is 19.2. The molecule has 1 heterocycles. The van der Waals surface area contributed by atoms with Gasteiger partial charge in [-0.25, -0.2) is 4.79 Å². The Kier molecular flexibility index (Phi) is 7.17. The molecular weight excluding hydrogens is 436 g/mol. The largest absolute Gasteiger partial charge is 0.481 e. The molecule has 34 heavy (non-hydrogen) atoms. The normalized spacial score (nSPS) is 19.7. The Morgan fingerprint density at radius 2 is 1.76 bits per heavy atom. The van der Waals surface area contributed by atoms with Crippen molar-refractivity contribution in [3.63, 3.8) is 0 Å². The Hall–Kier alpha value is -3.39. The van der Waals surface area contributed by atoms with Gasteiger partial charge in [0.25, 0.3) is 0 Å². The van der Waals surface area contributed by atoms with Crippen molar-refractivity contribution in [2.45, 2.75) is 50.1 Å². The Morgan fingerprint density at radius 3 is 2.32 bits per heavy atom. The lowest BCUT2D eigenvalue weighted by Gasteiger charge is -2.29. The van der Waals surface area contributed by atoms with Gasteiger partial charge in [-0.15, -0.1) is 0 Å². The molecule has 2 atom stereocenters. The Bertz CT molecular complexity index is 1020. The minimum absolute atomic E-state index is 0.00887. The highest BCUT2D eigenvalue weighted by atomic mass is 16.6. The van der Waals surface area contributed by atoms with Gasteiger partial charge in [-0.3, -0.25) is 9.59 Å².